The molecule has 0 heterocycles. The summed E-state index contributed by atoms with van der Waals surface area (Å²) in [4.78, 5) is 0. The molecule has 0 saturated carbocycles. The molecule has 0 saturated heterocycles. The Bertz CT molecular complexity index is 1740. The van der Waals surface area contributed by atoms with Crippen molar-refractivity contribution in [3.8, 4) is 33.4 Å². The summed E-state index contributed by atoms with van der Waals surface area (Å²) in [6, 6.07) is 52.8. The molecule has 0 unspecified atom stereocenters. The van der Waals surface area contributed by atoms with Gasteiger partial charge in [0, 0.05) is 8.95 Å². The fourth-order valence-corrected chi connectivity index (χ4v) is 7.93. The van der Waals surface area contributed by atoms with Crippen LogP contribution in [0.25, 0.3) is 33.4 Å². The van der Waals surface area contributed by atoms with Gasteiger partial charge in [-0.25, -0.2) is 0 Å². The summed E-state index contributed by atoms with van der Waals surface area (Å²) >= 11 is 7.85. The van der Waals surface area contributed by atoms with E-state index >= 15 is 0 Å². The quantitative estimate of drug-likeness (QED) is 0.182. The highest BCUT2D eigenvalue weighted by molar-refractivity contribution is 9.11. The molecule has 0 aliphatic heterocycles. The second-order valence-electron chi connectivity index (χ2n) is 9.93. The molecule has 0 nitrogen and oxygen atoms in total. The fourth-order valence-electron chi connectivity index (χ4n) is 6.41. The lowest BCUT2D eigenvalue weighted by atomic mass is 9.64. The summed E-state index contributed by atoms with van der Waals surface area (Å²) in [5, 5.41) is 0. The monoisotopic (exact) mass is 626 g/mol. The summed E-state index contributed by atoms with van der Waals surface area (Å²) < 4.78 is 2.15. The van der Waals surface area contributed by atoms with Crippen LogP contribution in [0.1, 0.15) is 22.3 Å². The number of hydrogen-bond acceptors (Lipinski definition) is 0. The van der Waals surface area contributed by atoms with Gasteiger partial charge in [-0.2, -0.15) is 0 Å². The van der Waals surface area contributed by atoms with Gasteiger partial charge in [0.15, 0.2) is 0 Å². The first-order valence-electron chi connectivity index (χ1n) is 13.1. The van der Waals surface area contributed by atoms with Gasteiger partial charge in [-0.05, 0) is 67.8 Å². The molecule has 0 aromatic heterocycles. The molecule has 186 valence electrons. The van der Waals surface area contributed by atoms with Crippen LogP contribution in [0.2, 0.25) is 0 Å². The van der Waals surface area contributed by atoms with Gasteiger partial charge in [-0.1, -0.05) is 165 Å². The molecule has 6 aromatic rings. The maximum absolute atomic E-state index is 4.06. The van der Waals surface area contributed by atoms with Crippen LogP contribution in [-0.2, 0) is 5.41 Å². The molecule has 0 spiro atoms. The number of benzene rings is 6. The maximum Gasteiger partial charge on any atom is 0.0736 e. The molecule has 39 heavy (non-hydrogen) atoms. The van der Waals surface area contributed by atoms with Crippen molar-refractivity contribution in [1.29, 1.82) is 0 Å². The van der Waals surface area contributed by atoms with Gasteiger partial charge < -0.3 is 0 Å². The second kappa shape index (κ2) is 9.79. The Balaban J connectivity index is 1.71. The topological polar surface area (TPSA) is 0 Å². The van der Waals surface area contributed by atoms with E-state index in [0.717, 1.165) is 8.95 Å². The van der Waals surface area contributed by atoms with Crippen molar-refractivity contribution in [2.45, 2.75) is 5.41 Å². The van der Waals surface area contributed by atoms with Crippen LogP contribution in [0.3, 0.4) is 0 Å². The summed E-state index contributed by atoms with van der Waals surface area (Å²) in [6.45, 7) is 0. The number of halogens is 2. The summed E-state index contributed by atoms with van der Waals surface area (Å²) in [5.74, 6) is 0. The van der Waals surface area contributed by atoms with Crippen LogP contribution >= 0.6 is 31.9 Å². The van der Waals surface area contributed by atoms with Crippen molar-refractivity contribution < 1.29 is 0 Å². The van der Waals surface area contributed by atoms with E-state index in [1.54, 1.807) is 0 Å². The zero-order chi connectivity index (χ0) is 26.4. The minimum atomic E-state index is -0.551. The molecule has 0 N–H and O–H groups in total. The normalized spacial score (nSPS) is 13.1. The Hall–Kier alpha value is -3.72. The van der Waals surface area contributed by atoms with E-state index in [0.29, 0.717) is 0 Å². The molecule has 6 aromatic carbocycles. The lowest BCUT2D eigenvalue weighted by Gasteiger charge is -2.37. The van der Waals surface area contributed by atoms with Gasteiger partial charge in [-0.3, -0.25) is 0 Å². The molecule has 7 rings (SSSR count). The van der Waals surface area contributed by atoms with Crippen molar-refractivity contribution in [1.82, 2.24) is 0 Å². The molecule has 2 heteroatoms. The molecule has 0 bridgehead atoms. The first-order chi connectivity index (χ1) is 19.2. The highest BCUT2D eigenvalue weighted by Gasteiger charge is 2.49. The average molecular weight is 628 g/mol. The average Bonchev–Trinajstić information content (AvgIpc) is 3.29. The first kappa shape index (κ1) is 24.3. The maximum atomic E-state index is 4.06. The lowest BCUT2D eigenvalue weighted by molar-refractivity contribution is 0.768. The smallest absolute Gasteiger partial charge is 0.0622 e. The Kier molecular flexibility index (Phi) is 6.11. The van der Waals surface area contributed by atoms with Gasteiger partial charge in [0.25, 0.3) is 0 Å². The van der Waals surface area contributed by atoms with Crippen LogP contribution in [0.4, 0.5) is 0 Å². The zero-order valence-electron chi connectivity index (χ0n) is 21.1. The summed E-state index contributed by atoms with van der Waals surface area (Å²) in [6.07, 6.45) is 0. The van der Waals surface area contributed by atoms with E-state index in [1.807, 2.05) is 0 Å². The van der Waals surface area contributed by atoms with Gasteiger partial charge >= 0.3 is 0 Å². The van der Waals surface area contributed by atoms with Crippen molar-refractivity contribution in [2.24, 2.45) is 0 Å². The standard InChI is InChI=1S/C37H24Br2/c38-27-23-31-30-19-9-12-22-34(30)37(36(31)35(39)24-27,32-20-10-7-17-28(32)25-13-3-1-4-14-25)33-21-11-8-18-29(33)26-15-5-2-6-16-26/h1-24H. The summed E-state index contributed by atoms with van der Waals surface area (Å²) in [5.41, 5.74) is 12.0. The van der Waals surface area contributed by atoms with Crippen molar-refractivity contribution in [3.05, 3.63) is 177 Å². The molecule has 0 amide bonds. The van der Waals surface area contributed by atoms with Crippen molar-refractivity contribution in [3.63, 3.8) is 0 Å². The van der Waals surface area contributed by atoms with E-state index in [1.165, 1.54) is 55.6 Å². The largest absolute Gasteiger partial charge is 0.0736 e. The highest BCUT2D eigenvalue weighted by Crippen LogP contribution is 2.61. The van der Waals surface area contributed by atoms with Crippen LogP contribution in [0.5, 0.6) is 0 Å². The predicted molar refractivity (Wildman–Crippen MR) is 170 cm³/mol. The SMILES string of the molecule is Brc1cc(Br)c2c(c1)-c1ccccc1C2(c1ccccc1-c1ccccc1)c1ccccc1-c1ccccc1. The molecule has 0 atom stereocenters. The van der Waals surface area contributed by atoms with Crippen LogP contribution in [0, 0.1) is 0 Å². The van der Waals surface area contributed by atoms with Gasteiger partial charge in [-0.15, -0.1) is 0 Å². The predicted octanol–water partition coefficient (Wildman–Crippen LogP) is 10.9. The van der Waals surface area contributed by atoms with Crippen LogP contribution in [0.15, 0.2) is 155 Å². The number of hydrogen-bond donors (Lipinski definition) is 0. The van der Waals surface area contributed by atoms with E-state index in [4.69, 9.17) is 0 Å². The third-order valence-corrected chi connectivity index (χ3v) is 8.97. The Morgan fingerprint density at radius 2 is 0.795 bits per heavy atom. The van der Waals surface area contributed by atoms with E-state index in [9.17, 15) is 0 Å². The fraction of sp³-hybridized carbons (Fsp3) is 0.0270. The number of fused-ring (bicyclic) bond motifs is 3. The second-order valence-corrected chi connectivity index (χ2v) is 11.7. The minimum absolute atomic E-state index is 0.551. The van der Waals surface area contributed by atoms with Gasteiger partial charge in [0.1, 0.15) is 0 Å². The van der Waals surface area contributed by atoms with E-state index in [-0.39, 0.29) is 0 Å². The van der Waals surface area contributed by atoms with Crippen LogP contribution in [-0.4, -0.2) is 0 Å². The molecular formula is C37H24Br2. The molecule has 0 fully saturated rings. The molecular weight excluding hydrogens is 604 g/mol. The van der Waals surface area contributed by atoms with Gasteiger partial charge in [0.2, 0.25) is 0 Å². The van der Waals surface area contributed by atoms with Crippen LogP contribution < -0.4 is 0 Å². The van der Waals surface area contributed by atoms with Gasteiger partial charge in [0.05, 0.1) is 5.41 Å². The molecule has 0 radical (unpaired) electrons. The minimum Gasteiger partial charge on any atom is -0.0622 e. The zero-order valence-corrected chi connectivity index (χ0v) is 24.3. The third-order valence-electron chi connectivity index (χ3n) is 7.88. The molecule has 1 aliphatic carbocycles. The van der Waals surface area contributed by atoms with Crippen molar-refractivity contribution in [2.75, 3.05) is 0 Å². The first-order valence-corrected chi connectivity index (χ1v) is 14.7. The number of rotatable bonds is 4. The Labute approximate surface area is 246 Å². The molecule has 1 aliphatic rings. The Morgan fingerprint density at radius 1 is 0.385 bits per heavy atom. The highest BCUT2D eigenvalue weighted by atomic mass is 79.9. The Morgan fingerprint density at radius 3 is 1.31 bits per heavy atom. The third kappa shape index (κ3) is 3.77. The van der Waals surface area contributed by atoms with E-state index in [2.05, 4.69) is 177 Å². The van der Waals surface area contributed by atoms with E-state index < -0.39 is 5.41 Å². The lowest BCUT2D eigenvalue weighted by Crippen LogP contribution is -2.30. The van der Waals surface area contributed by atoms with Crippen molar-refractivity contribution >= 4 is 31.9 Å². The summed E-state index contributed by atoms with van der Waals surface area (Å²) in [7, 11) is 0.